The maximum Gasteiger partial charge on any atom is 0.224 e. The largest absolute Gasteiger partial charge is 0.348 e. The van der Waals surface area contributed by atoms with Gasteiger partial charge >= 0.3 is 0 Å². The molecular weight excluding hydrogens is 286 g/mol. The van der Waals surface area contributed by atoms with Gasteiger partial charge in [-0.1, -0.05) is 32.0 Å². The van der Waals surface area contributed by atoms with E-state index in [-0.39, 0.29) is 11.9 Å². The number of rotatable bonds is 5. The summed E-state index contributed by atoms with van der Waals surface area (Å²) in [5.41, 5.74) is 1.01. The summed E-state index contributed by atoms with van der Waals surface area (Å²) in [6.45, 7) is 4.25. The van der Waals surface area contributed by atoms with Crippen molar-refractivity contribution in [2.24, 2.45) is 5.92 Å². The van der Waals surface area contributed by atoms with Crippen molar-refractivity contribution in [2.45, 2.75) is 31.2 Å². The van der Waals surface area contributed by atoms with E-state index in [1.807, 2.05) is 35.7 Å². The van der Waals surface area contributed by atoms with E-state index in [0.29, 0.717) is 12.3 Å². The summed E-state index contributed by atoms with van der Waals surface area (Å²) in [4.78, 5) is 14.3. The highest BCUT2D eigenvalue weighted by molar-refractivity contribution is 7.80. The first kappa shape index (κ1) is 15.1. The van der Waals surface area contributed by atoms with Gasteiger partial charge in [-0.15, -0.1) is 24.0 Å². The van der Waals surface area contributed by atoms with Crippen LogP contribution in [0.1, 0.15) is 30.3 Å². The summed E-state index contributed by atoms with van der Waals surface area (Å²) < 4.78 is 0. The summed E-state index contributed by atoms with van der Waals surface area (Å²) >= 11 is 5.93. The molecule has 20 heavy (non-hydrogen) atoms. The fraction of sp³-hybridized carbons (Fsp3) is 0.312. The molecule has 0 fully saturated rings. The Balaban J connectivity index is 2.00. The lowest BCUT2D eigenvalue weighted by Crippen LogP contribution is -2.32. The van der Waals surface area contributed by atoms with Crippen LogP contribution in [0.5, 0.6) is 0 Å². The minimum Gasteiger partial charge on any atom is -0.348 e. The van der Waals surface area contributed by atoms with E-state index in [9.17, 15) is 4.79 Å². The minimum absolute atomic E-state index is 0.0593. The lowest BCUT2D eigenvalue weighted by molar-refractivity contribution is -0.121. The second-order valence-corrected chi connectivity index (χ2v) is 6.64. The van der Waals surface area contributed by atoms with Gasteiger partial charge in [0.25, 0.3) is 0 Å². The van der Waals surface area contributed by atoms with Gasteiger partial charge in [-0.05, 0) is 35.1 Å². The summed E-state index contributed by atoms with van der Waals surface area (Å²) in [5.74, 6) is 0.432. The molecule has 1 atom stereocenters. The van der Waals surface area contributed by atoms with Gasteiger partial charge in [-0.3, -0.25) is 4.79 Å². The Morgan fingerprint density at radius 3 is 2.50 bits per heavy atom. The van der Waals surface area contributed by atoms with E-state index in [1.165, 1.54) is 4.88 Å². The van der Waals surface area contributed by atoms with Crippen LogP contribution in [0.2, 0.25) is 0 Å². The van der Waals surface area contributed by atoms with Gasteiger partial charge in [0.2, 0.25) is 5.91 Å². The minimum atomic E-state index is 0.0593. The predicted octanol–water partition coefficient (Wildman–Crippen LogP) is 4.09. The van der Waals surface area contributed by atoms with Crippen molar-refractivity contribution >= 4 is 29.9 Å². The van der Waals surface area contributed by atoms with Crippen LogP contribution >= 0.6 is 24.0 Å². The molecular formula is C16H19NOS2. The lowest BCUT2D eigenvalue weighted by atomic mass is 10.0. The average Bonchev–Trinajstić information content (AvgIpc) is 2.92. The Hall–Kier alpha value is -1.26. The van der Waals surface area contributed by atoms with E-state index < -0.39 is 0 Å². The molecule has 1 amide bonds. The highest BCUT2D eigenvalue weighted by Crippen LogP contribution is 2.25. The second-order valence-electron chi connectivity index (χ2n) is 5.15. The number of nitrogens with one attached hydrogen (secondary N) is 1. The maximum absolute atomic E-state index is 12.2. The zero-order chi connectivity index (χ0) is 14.5. The Bertz CT molecular complexity index is 546. The van der Waals surface area contributed by atoms with Crippen LogP contribution < -0.4 is 5.32 Å². The van der Waals surface area contributed by atoms with Crippen molar-refractivity contribution < 1.29 is 4.79 Å². The monoisotopic (exact) mass is 305 g/mol. The van der Waals surface area contributed by atoms with Crippen LogP contribution in [0, 0.1) is 5.92 Å². The third kappa shape index (κ3) is 4.12. The first-order valence-corrected chi connectivity index (χ1v) is 7.99. The summed E-state index contributed by atoms with van der Waals surface area (Å²) in [6.07, 6.45) is 0.405. The fourth-order valence-corrected chi connectivity index (χ4v) is 3.16. The molecule has 0 aliphatic carbocycles. The first-order valence-electron chi connectivity index (χ1n) is 6.67. The van der Waals surface area contributed by atoms with Gasteiger partial charge in [0.1, 0.15) is 0 Å². The Labute approximate surface area is 129 Å². The Morgan fingerprint density at radius 2 is 1.95 bits per heavy atom. The standard InChI is InChI=1S/C16H19NOS2/c1-11(2)16(14-4-3-9-20-14)17-15(18)10-12-5-7-13(19)8-6-12/h3-9,11,16,19H,10H2,1-2H3,(H,17,18). The van der Waals surface area contributed by atoms with Crippen molar-refractivity contribution in [2.75, 3.05) is 0 Å². The molecule has 106 valence electrons. The van der Waals surface area contributed by atoms with Crippen LogP contribution in [0.3, 0.4) is 0 Å². The van der Waals surface area contributed by atoms with Crippen molar-refractivity contribution in [3.8, 4) is 0 Å². The predicted molar refractivity (Wildman–Crippen MR) is 87.4 cm³/mol. The van der Waals surface area contributed by atoms with Gasteiger partial charge in [0.15, 0.2) is 0 Å². The van der Waals surface area contributed by atoms with Crippen molar-refractivity contribution in [3.63, 3.8) is 0 Å². The highest BCUT2D eigenvalue weighted by Gasteiger charge is 2.19. The molecule has 4 heteroatoms. The number of hydrogen-bond acceptors (Lipinski definition) is 3. The summed E-state index contributed by atoms with van der Waals surface area (Å²) in [7, 11) is 0. The van der Waals surface area contributed by atoms with Gasteiger partial charge < -0.3 is 5.32 Å². The number of thiol groups is 1. The molecule has 0 saturated heterocycles. The SMILES string of the molecule is CC(C)C(NC(=O)Cc1ccc(S)cc1)c1cccs1. The number of amides is 1. The maximum atomic E-state index is 12.2. The Kier molecular flexibility index (Phi) is 5.26. The number of benzene rings is 1. The van der Waals surface area contributed by atoms with Gasteiger partial charge in [-0.2, -0.15) is 0 Å². The molecule has 0 radical (unpaired) electrons. The molecule has 0 aliphatic rings. The summed E-state index contributed by atoms with van der Waals surface area (Å²) in [6, 6.07) is 11.9. The quantitative estimate of drug-likeness (QED) is 0.800. The van der Waals surface area contributed by atoms with E-state index in [4.69, 9.17) is 0 Å². The van der Waals surface area contributed by atoms with Crippen LogP contribution in [0.4, 0.5) is 0 Å². The normalized spacial score (nSPS) is 12.4. The van der Waals surface area contributed by atoms with Crippen molar-refractivity contribution in [1.29, 1.82) is 0 Å². The average molecular weight is 305 g/mol. The summed E-state index contributed by atoms with van der Waals surface area (Å²) in [5, 5.41) is 5.18. The van der Waals surface area contributed by atoms with E-state index in [2.05, 4.69) is 37.9 Å². The second kappa shape index (κ2) is 6.95. The number of carbonyl (C=O) groups excluding carboxylic acids is 1. The zero-order valence-electron chi connectivity index (χ0n) is 11.7. The van der Waals surface area contributed by atoms with E-state index >= 15 is 0 Å². The fourth-order valence-electron chi connectivity index (χ4n) is 2.06. The van der Waals surface area contributed by atoms with Gasteiger partial charge in [0, 0.05) is 9.77 Å². The third-order valence-corrected chi connectivity index (χ3v) is 4.39. The van der Waals surface area contributed by atoms with Crippen LogP contribution in [-0.4, -0.2) is 5.91 Å². The molecule has 0 aliphatic heterocycles. The van der Waals surface area contributed by atoms with Crippen LogP contribution in [-0.2, 0) is 11.2 Å². The van der Waals surface area contributed by atoms with Crippen molar-refractivity contribution in [3.05, 3.63) is 52.2 Å². The smallest absolute Gasteiger partial charge is 0.224 e. The lowest BCUT2D eigenvalue weighted by Gasteiger charge is -2.21. The molecule has 2 nitrogen and oxygen atoms in total. The van der Waals surface area contributed by atoms with Crippen molar-refractivity contribution in [1.82, 2.24) is 5.32 Å². The number of hydrogen-bond donors (Lipinski definition) is 2. The molecule has 1 unspecified atom stereocenters. The molecule has 0 bridgehead atoms. The highest BCUT2D eigenvalue weighted by atomic mass is 32.1. The van der Waals surface area contributed by atoms with Gasteiger partial charge in [-0.25, -0.2) is 0 Å². The molecule has 1 heterocycles. The van der Waals surface area contributed by atoms with E-state index in [0.717, 1.165) is 10.5 Å². The molecule has 2 aromatic rings. The first-order chi connectivity index (χ1) is 9.56. The molecule has 0 spiro atoms. The zero-order valence-corrected chi connectivity index (χ0v) is 13.4. The van der Waals surface area contributed by atoms with Crippen LogP contribution in [0.25, 0.3) is 0 Å². The van der Waals surface area contributed by atoms with Crippen LogP contribution in [0.15, 0.2) is 46.7 Å². The molecule has 1 aromatic heterocycles. The Morgan fingerprint density at radius 1 is 1.25 bits per heavy atom. The van der Waals surface area contributed by atoms with Gasteiger partial charge in [0.05, 0.1) is 12.5 Å². The molecule has 1 N–H and O–H groups in total. The molecule has 2 rings (SSSR count). The number of carbonyl (C=O) groups is 1. The molecule has 1 aromatic carbocycles. The topological polar surface area (TPSA) is 29.1 Å². The third-order valence-electron chi connectivity index (χ3n) is 3.13. The van der Waals surface area contributed by atoms with E-state index in [1.54, 1.807) is 11.3 Å². The molecule has 0 saturated carbocycles. The number of thiophene rings is 1.